The largest absolute Gasteiger partial charge is 0.387 e. The van der Waals surface area contributed by atoms with Crippen molar-refractivity contribution in [3.63, 3.8) is 0 Å². The first kappa shape index (κ1) is 23.0. The van der Waals surface area contributed by atoms with E-state index in [0.717, 1.165) is 12.1 Å². The lowest BCUT2D eigenvalue weighted by Gasteiger charge is -2.16. The molecule has 0 amide bonds. The van der Waals surface area contributed by atoms with Crippen molar-refractivity contribution in [2.24, 2.45) is 4.99 Å². The number of guanidine groups is 1. The van der Waals surface area contributed by atoms with Gasteiger partial charge in [-0.2, -0.15) is 0 Å². The molecule has 1 aromatic heterocycles. The number of nitrogens with zero attached hydrogens (tertiary/aromatic N) is 2. The molecule has 0 fully saturated rings. The molecule has 0 aliphatic carbocycles. The second-order valence-electron chi connectivity index (χ2n) is 5.43. The van der Waals surface area contributed by atoms with E-state index in [2.05, 4.69) is 20.8 Å². The van der Waals surface area contributed by atoms with Gasteiger partial charge in [0.1, 0.15) is 6.54 Å². The number of aliphatic imine (C=N–C) groups is 1. The fourth-order valence-corrected chi connectivity index (χ4v) is 2.72. The van der Waals surface area contributed by atoms with Crippen LogP contribution in [0.2, 0.25) is 10.0 Å². The normalized spacial score (nSPS) is 12.4. The van der Waals surface area contributed by atoms with Crippen molar-refractivity contribution in [1.29, 1.82) is 0 Å². The fraction of sp³-hybridized carbons (Fsp3) is 0.412. The Morgan fingerprint density at radius 3 is 2.46 bits per heavy atom. The Morgan fingerprint density at radius 2 is 1.88 bits per heavy atom. The molecule has 0 aliphatic rings. The highest BCUT2D eigenvalue weighted by molar-refractivity contribution is 14.0. The number of benzene rings is 1. The number of aromatic nitrogens is 1. The van der Waals surface area contributed by atoms with Gasteiger partial charge in [-0.15, -0.1) is 24.0 Å². The summed E-state index contributed by atoms with van der Waals surface area (Å²) in [4.78, 5) is 4.43. The van der Waals surface area contributed by atoms with Crippen LogP contribution in [-0.4, -0.2) is 29.3 Å². The smallest absolute Gasteiger partial charge is 0.191 e. The Hall–Kier alpha value is -1.03. The van der Waals surface area contributed by atoms with E-state index in [-0.39, 0.29) is 30.5 Å². The molecule has 1 atom stereocenters. The van der Waals surface area contributed by atoms with Crippen molar-refractivity contribution in [2.45, 2.75) is 32.9 Å². The summed E-state index contributed by atoms with van der Waals surface area (Å²) in [6, 6.07) is 6.88. The first-order chi connectivity index (χ1) is 12.0. The van der Waals surface area contributed by atoms with E-state index in [1.807, 2.05) is 19.9 Å². The number of aliphatic hydroxyl groups is 1. The minimum Gasteiger partial charge on any atom is -0.387 e. The van der Waals surface area contributed by atoms with E-state index < -0.39 is 6.10 Å². The highest BCUT2D eigenvalue weighted by atomic mass is 127. The fourth-order valence-electron chi connectivity index (χ4n) is 2.17. The summed E-state index contributed by atoms with van der Waals surface area (Å²) in [6.07, 6.45) is 0.0527. The minimum atomic E-state index is -0.767. The van der Waals surface area contributed by atoms with Crippen LogP contribution in [-0.2, 0) is 13.0 Å². The van der Waals surface area contributed by atoms with Crippen molar-refractivity contribution < 1.29 is 9.63 Å². The van der Waals surface area contributed by atoms with E-state index in [4.69, 9.17) is 27.7 Å². The van der Waals surface area contributed by atoms with Gasteiger partial charge in [0.25, 0.3) is 0 Å². The number of hydrogen-bond acceptors (Lipinski definition) is 4. The van der Waals surface area contributed by atoms with Gasteiger partial charge >= 0.3 is 0 Å². The van der Waals surface area contributed by atoms with Gasteiger partial charge in [0.05, 0.1) is 11.8 Å². The molecule has 2 rings (SSSR count). The lowest BCUT2D eigenvalue weighted by atomic mass is 10.1. The molecule has 3 N–H and O–H groups in total. The van der Waals surface area contributed by atoms with Gasteiger partial charge in [-0.1, -0.05) is 35.3 Å². The topological polar surface area (TPSA) is 82.7 Å². The second kappa shape index (κ2) is 11.6. The molecule has 1 unspecified atom stereocenters. The Balaban J connectivity index is 0.00000338. The highest BCUT2D eigenvalue weighted by Gasteiger charge is 2.11. The van der Waals surface area contributed by atoms with Crippen molar-refractivity contribution in [3.8, 4) is 0 Å². The van der Waals surface area contributed by atoms with Crippen LogP contribution in [0.3, 0.4) is 0 Å². The average molecular weight is 513 g/mol. The molecule has 0 saturated heterocycles. The molecule has 1 aromatic carbocycles. The summed E-state index contributed by atoms with van der Waals surface area (Å²) < 4.78 is 5.21. The number of aryl methyl sites for hydroxylation is 1. The van der Waals surface area contributed by atoms with Gasteiger partial charge < -0.3 is 20.3 Å². The zero-order valence-electron chi connectivity index (χ0n) is 14.6. The maximum Gasteiger partial charge on any atom is 0.191 e. The van der Waals surface area contributed by atoms with Gasteiger partial charge in [0.2, 0.25) is 0 Å². The van der Waals surface area contributed by atoms with E-state index in [0.29, 0.717) is 40.4 Å². The third-order valence-corrected chi connectivity index (χ3v) is 3.88. The molecular weight excluding hydrogens is 490 g/mol. The molecule has 26 heavy (non-hydrogen) atoms. The average Bonchev–Trinajstić information content (AvgIpc) is 3.04. The molecule has 0 radical (unpaired) electrons. The van der Waals surface area contributed by atoms with Crippen LogP contribution >= 0.6 is 47.2 Å². The molecule has 0 spiro atoms. The Bertz CT molecular complexity index is 704. The SMILES string of the molecule is CCNC(=NCc1cc(CC)no1)NCC(O)c1cc(Cl)cc(Cl)c1.I. The quantitative estimate of drug-likeness (QED) is 0.297. The third-order valence-electron chi connectivity index (χ3n) is 3.44. The number of rotatable bonds is 7. The molecule has 1 heterocycles. The third kappa shape index (κ3) is 7.30. The van der Waals surface area contributed by atoms with Crippen LogP contribution in [0, 0.1) is 0 Å². The molecule has 144 valence electrons. The monoisotopic (exact) mass is 512 g/mol. The Kier molecular flexibility index (Phi) is 10.3. The second-order valence-corrected chi connectivity index (χ2v) is 6.31. The Morgan fingerprint density at radius 1 is 1.19 bits per heavy atom. The molecule has 0 aliphatic heterocycles. The van der Waals surface area contributed by atoms with Crippen LogP contribution in [0.4, 0.5) is 0 Å². The van der Waals surface area contributed by atoms with E-state index >= 15 is 0 Å². The van der Waals surface area contributed by atoms with Crippen molar-refractivity contribution in [2.75, 3.05) is 13.1 Å². The van der Waals surface area contributed by atoms with Gasteiger partial charge in [-0.25, -0.2) is 4.99 Å². The standard InChI is InChI=1S/C17H22Cl2N4O2.HI/c1-3-14-8-15(25-23-14)9-21-17(20-4-2)22-10-16(24)11-5-12(18)7-13(19)6-11;/h5-8,16,24H,3-4,9-10H2,1-2H3,(H2,20,21,22);1H. The van der Waals surface area contributed by atoms with Crippen molar-refractivity contribution in [3.05, 3.63) is 51.3 Å². The van der Waals surface area contributed by atoms with E-state index in [1.54, 1.807) is 18.2 Å². The molecule has 0 saturated carbocycles. The highest BCUT2D eigenvalue weighted by Crippen LogP contribution is 2.23. The van der Waals surface area contributed by atoms with Crippen molar-refractivity contribution in [1.82, 2.24) is 15.8 Å². The minimum absolute atomic E-state index is 0. The summed E-state index contributed by atoms with van der Waals surface area (Å²) >= 11 is 11.9. The van der Waals surface area contributed by atoms with Gasteiger partial charge in [0.15, 0.2) is 11.7 Å². The van der Waals surface area contributed by atoms with Crippen LogP contribution in [0.1, 0.15) is 37.0 Å². The maximum atomic E-state index is 10.3. The summed E-state index contributed by atoms with van der Waals surface area (Å²) in [7, 11) is 0. The van der Waals surface area contributed by atoms with Gasteiger partial charge in [-0.05, 0) is 37.1 Å². The summed E-state index contributed by atoms with van der Waals surface area (Å²) in [6.45, 7) is 5.30. The van der Waals surface area contributed by atoms with Crippen LogP contribution in [0.25, 0.3) is 0 Å². The Labute approximate surface area is 180 Å². The summed E-state index contributed by atoms with van der Waals surface area (Å²) in [5.74, 6) is 1.26. The summed E-state index contributed by atoms with van der Waals surface area (Å²) in [5, 5.41) is 21.4. The summed E-state index contributed by atoms with van der Waals surface area (Å²) in [5.41, 5.74) is 1.54. The molecule has 0 bridgehead atoms. The molecule has 6 nitrogen and oxygen atoms in total. The van der Waals surface area contributed by atoms with E-state index in [1.165, 1.54) is 0 Å². The van der Waals surface area contributed by atoms with Gasteiger partial charge in [0, 0.05) is 29.2 Å². The number of halogens is 3. The van der Waals surface area contributed by atoms with Gasteiger partial charge in [-0.3, -0.25) is 0 Å². The van der Waals surface area contributed by atoms with Crippen LogP contribution in [0.15, 0.2) is 33.8 Å². The van der Waals surface area contributed by atoms with Crippen molar-refractivity contribution >= 4 is 53.1 Å². The number of hydrogen-bond donors (Lipinski definition) is 3. The molecular formula is C17H23Cl2IN4O2. The predicted molar refractivity (Wildman–Crippen MR) is 116 cm³/mol. The number of aliphatic hydroxyl groups excluding tert-OH is 1. The first-order valence-corrected chi connectivity index (χ1v) is 8.88. The lowest BCUT2D eigenvalue weighted by Crippen LogP contribution is -2.39. The zero-order chi connectivity index (χ0) is 18.2. The van der Waals surface area contributed by atoms with E-state index in [9.17, 15) is 5.11 Å². The number of nitrogens with one attached hydrogen (secondary N) is 2. The lowest BCUT2D eigenvalue weighted by molar-refractivity contribution is 0.181. The first-order valence-electron chi connectivity index (χ1n) is 8.12. The predicted octanol–water partition coefficient (Wildman–Crippen LogP) is 3.95. The maximum absolute atomic E-state index is 10.3. The van der Waals surface area contributed by atoms with Crippen LogP contribution in [0.5, 0.6) is 0 Å². The molecule has 2 aromatic rings. The zero-order valence-corrected chi connectivity index (χ0v) is 18.5. The molecule has 9 heteroatoms. The van der Waals surface area contributed by atoms with Crippen LogP contribution < -0.4 is 10.6 Å².